The molecule has 1 fully saturated rings. The van der Waals surface area contributed by atoms with Gasteiger partial charge >= 0.3 is 0 Å². The lowest BCUT2D eigenvalue weighted by molar-refractivity contribution is 0.152. The Hall–Kier alpha value is 0.160. The molecule has 0 aromatic rings. The molecule has 0 atom stereocenters. The van der Waals surface area contributed by atoms with E-state index in [2.05, 4.69) is 16.1 Å². The van der Waals surface area contributed by atoms with Gasteiger partial charge in [0.1, 0.15) is 0 Å². The number of thioether (sulfide) groups is 1. The van der Waals surface area contributed by atoms with Crippen LogP contribution in [0.15, 0.2) is 0 Å². The number of rotatable bonds is 5. The third-order valence-corrected chi connectivity index (χ3v) is 3.18. The van der Waals surface area contributed by atoms with Crippen LogP contribution in [0.1, 0.15) is 0 Å². The summed E-state index contributed by atoms with van der Waals surface area (Å²) < 4.78 is 0. The van der Waals surface area contributed by atoms with Crippen molar-refractivity contribution in [3.8, 4) is 0 Å². The lowest BCUT2D eigenvalue weighted by Crippen LogP contribution is -2.48. The lowest BCUT2D eigenvalue weighted by Gasteiger charge is -2.34. The summed E-state index contributed by atoms with van der Waals surface area (Å²) >= 11 is 6.81. The van der Waals surface area contributed by atoms with Crippen LogP contribution in [0.5, 0.6) is 0 Å². The van der Waals surface area contributed by atoms with E-state index >= 15 is 0 Å². The zero-order valence-corrected chi connectivity index (χ0v) is 10.4. The van der Waals surface area contributed by atoms with Gasteiger partial charge in [0.2, 0.25) is 0 Å². The fourth-order valence-electron chi connectivity index (χ4n) is 1.61. The minimum Gasteiger partial charge on any atom is -0.392 e. The van der Waals surface area contributed by atoms with Crippen molar-refractivity contribution in [2.24, 2.45) is 5.73 Å². The quantitative estimate of drug-likeness (QED) is 0.689. The highest BCUT2D eigenvalue weighted by atomic mass is 32.2. The molecule has 5 heteroatoms. The van der Waals surface area contributed by atoms with E-state index in [1.54, 1.807) is 0 Å². The van der Waals surface area contributed by atoms with E-state index in [0.29, 0.717) is 4.99 Å². The summed E-state index contributed by atoms with van der Waals surface area (Å²) in [6.45, 7) is 6.51. The van der Waals surface area contributed by atoms with Crippen molar-refractivity contribution in [1.82, 2.24) is 9.80 Å². The van der Waals surface area contributed by atoms with Crippen molar-refractivity contribution in [3.63, 3.8) is 0 Å². The SMILES string of the molecule is CSCCN1CCN(CC(N)=S)CC1. The van der Waals surface area contributed by atoms with E-state index in [-0.39, 0.29) is 0 Å². The monoisotopic (exact) mass is 233 g/mol. The summed E-state index contributed by atoms with van der Waals surface area (Å²) in [5.74, 6) is 1.23. The molecule has 3 nitrogen and oxygen atoms in total. The molecule has 82 valence electrons. The van der Waals surface area contributed by atoms with Gasteiger partial charge in [-0.25, -0.2) is 0 Å². The largest absolute Gasteiger partial charge is 0.392 e. The molecule has 14 heavy (non-hydrogen) atoms. The van der Waals surface area contributed by atoms with E-state index in [4.69, 9.17) is 18.0 Å². The molecule has 0 aromatic carbocycles. The second-order valence-electron chi connectivity index (χ2n) is 3.58. The van der Waals surface area contributed by atoms with Crippen molar-refractivity contribution in [2.75, 3.05) is 51.3 Å². The van der Waals surface area contributed by atoms with Gasteiger partial charge in [-0.3, -0.25) is 9.80 Å². The van der Waals surface area contributed by atoms with Gasteiger partial charge in [-0.1, -0.05) is 12.2 Å². The van der Waals surface area contributed by atoms with Crippen LogP contribution in [0, 0.1) is 0 Å². The molecule has 1 aliphatic heterocycles. The zero-order valence-electron chi connectivity index (χ0n) is 8.74. The van der Waals surface area contributed by atoms with E-state index in [1.807, 2.05) is 11.8 Å². The molecule has 1 rings (SSSR count). The summed E-state index contributed by atoms with van der Waals surface area (Å²) in [6, 6.07) is 0. The maximum Gasteiger partial charge on any atom is 0.0870 e. The Morgan fingerprint density at radius 3 is 2.36 bits per heavy atom. The molecule has 0 spiro atoms. The summed E-state index contributed by atoms with van der Waals surface area (Å²) in [4.78, 5) is 5.45. The van der Waals surface area contributed by atoms with Crippen LogP contribution in [0.4, 0.5) is 0 Å². The molecule has 0 bridgehead atoms. The average molecular weight is 233 g/mol. The van der Waals surface area contributed by atoms with Crippen LogP contribution in [0.2, 0.25) is 0 Å². The van der Waals surface area contributed by atoms with Crippen LogP contribution in [0.25, 0.3) is 0 Å². The predicted molar refractivity (Wildman–Crippen MR) is 68.0 cm³/mol. The van der Waals surface area contributed by atoms with E-state index < -0.39 is 0 Å². The summed E-state index contributed by atoms with van der Waals surface area (Å²) in [5, 5.41) is 0. The number of thiocarbonyl (C=S) groups is 1. The summed E-state index contributed by atoms with van der Waals surface area (Å²) in [5.41, 5.74) is 5.51. The van der Waals surface area contributed by atoms with Crippen molar-refractivity contribution >= 4 is 29.0 Å². The third-order valence-electron chi connectivity index (χ3n) is 2.46. The zero-order chi connectivity index (χ0) is 10.4. The molecule has 0 aromatic heterocycles. The van der Waals surface area contributed by atoms with Gasteiger partial charge in [0, 0.05) is 45.0 Å². The molecule has 0 amide bonds. The Morgan fingerprint density at radius 1 is 1.29 bits per heavy atom. The maximum absolute atomic E-state index is 5.51. The summed E-state index contributed by atoms with van der Waals surface area (Å²) in [7, 11) is 0. The van der Waals surface area contributed by atoms with Crippen LogP contribution in [-0.4, -0.2) is 66.1 Å². The first kappa shape index (κ1) is 12.2. The van der Waals surface area contributed by atoms with Gasteiger partial charge in [0.05, 0.1) is 4.99 Å². The molecule has 0 aliphatic carbocycles. The standard InChI is InChI=1S/C9H19N3S2/c1-14-7-6-11-2-4-12(5-3-11)8-9(10)13/h2-8H2,1H3,(H2,10,13). The molecule has 0 radical (unpaired) electrons. The molecule has 0 unspecified atom stereocenters. The van der Waals surface area contributed by atoms with Crippen LogP contribution < -0.4 is 5.73 Å². The van der Waals surface area contributed by atoms with Gasteiger partial charge < -0.3 is 5.73 Å². The van der Waals surface area contributed by atoms with Gasteiger partial charge in [0.25, 0.3) is 0 Å². The molecule has 2 N–H and O–H groups in total. The second-order valence-corrected chi connectivity index (χ2v) is 5.09. The average Bonchev–Trinajstić information content (AvgIpc) is 2.16. The highest BCUT2D eigenvalue weighted by Gasteiger charge is 2.16. The Kier molecular flexibility index (Phi) is 5.77. The Bertz CT molecular complexity index is 179. The van der Waals surface area contributed by atoms with Crippen molar-refractivity contribution in [1.29, 1.82) is 0 Å². The first-order valence-electron chi connectivity index (χ1n) is 4.94. The second kappa shape index (κ2) is 6.61. The molecule has 1 saturated heterocycles. The molecular weight excluding hydrogens is 214 g/mol. The predicted octanol–water partition coefficient (Wildman–Crippen LogP) is 0.253. The topological polar surface area (TPSA) is 32.5 Å². The maximum atomic E-state index is 5.51. The normalized spacial score (nSPS) is 19.8. The highest BCUT2D eigenvalue weighted by Crippen LogP contribution is 2.02. The van der Waals surface area contributed by atoms with Crippen LogP contribution in [-0.2, 0) is 0 Å². The van der Waals surface area contributed by atoms with Gasteiger partial charge in [-0.15, -0.1) is 0 Å². The van der Waals surface area contributed by atoms with Gasteiger partial charge in [0.15, 0.2) is 0 Å². The van der Waals surface area contributed by atoms with Crippen molar-refractivity contribution in [3.05, 3.63) is 0 Å². The number of piperazine rings is 1. The molecule has 1 heterocycles. The Balaban J connectivity index is 2.14. The number of nitrogens with zero attached hydrogens (tertiary/aromatic N) is 2. The minimum absolute atomic E-state index is 0.613. The number of hydrogen-bond donors (Lipinski definition) is 1. The van der Waals surface area contributed by atoms with E-state index in [1.165, 1.54) is 12.3 Å². The smallest absolute Gasteiger partial charge is 0.0870 e. The third kappa shape index (κ3) is 4.59. The first-order chi connectivity index (χ1) is 6.72. The Morgan fingerprint density at radius 2 is 1.86 bits per heavy atom. The summed E-state index contributed by atoms with van der Waals surface area (Å²) in [6.07, 6.45) is 2.16. The molecule has 1 aliphatic rings. The number of nitrogens with two attached hydrogens (primary N) is 1. The fourth-order valence-corrected chi connectivity index (χ4v) is 2.24. The van der Waals surface area contributed by atoms with E-state index in [9.17, 15) is 0 Å². The number of hydrogen-bond acceptors (Lipinski definition) is 4. The highest BCUT2D eigenvalue weighted by molar-refractivity contribution is 7.98. The molecule has 0 saturated carbocycles. The minimum atomic E-state index is 0.613. The molecular formula is C9H19N3S2. The van der Waals surface area contributed by atoms with Gasteiger partial charge in [-0.05, 0) is 6.26 Å². The van der Waals surface area contributed by atoms with Crippen LogP contribution >= 0.6 is 24.0 Å². The fraction of sp³-hybridized carbons (Fsp3) is 0.889. The Labute approximate surface area is 96.0 Å². The van der Waals surface area contributed by atoms with Crippen LogP contribution in [0.3, 0.4) is 0 Å². The lowest BCUT2D eigenvalue weighted by atomic mass is 10.3. The first-order valence-corrected chi connectivity index (χ1v) is 6.74. The van der Waals surface area contributed by atoms with Crippen molar-refractivity contribution < 1.29 is 0 Å². The van der Waals surface area contributed by atoms with E-state index in [0.717, 1.165) is 32.7 Å². The van der Waals surface area contributed by atoms with Crippen molar-refractivity contribution in [2.45, 2.75) is 0 Å². The van der Waals surface area contributed by atoms with Gasteiger partial charge in [-0.2, -0.15) is 11.8 Å².